The number of aromatic nitrogens is 1. The normalized spacial score (nSPS) is 12.4. The number of carbonyl (C=O) groups excluding carboxylic acids is 2. The van der Waals surface area contributed by atoms with Crippen molar-refractivity contribution in [3.05, 3.63) is 23.5 Å². The average molecular weight is 324 g/mol. The maximum atomic E-state index is 13.5. The molecule has 2 rings (SSSR count). The Morgan fingerprint density at radius 1 is 1.36 bits per heavy atom. The van der Waals surface area contributed by atoms with E-state index in [1.54, 1.807) is 26.8 Å². The third-order valence-electron chi connectivity index (χ3n) is 3.15. The maximum Gasteiger partial charge on any atom is 0.321 e. The van der Waals surface area contributed by atoms with E-state index >= 15 is 0 Å². The van der Waals surface area contributed by atoms with Crippen LogP contribution in [0.2, 0.25) is 0 Å². The van der Waals surface area contributed by atoms with Gasteiger partial charge >= 0.3 is 6.03 Å². The molecular formula is C14H17FN4O2S. The zero-order valence-electron chi connectivity index (χ0n) is 12.4. The highest BCUT2D eigenvalue weighted by Crippen LogP contribution is 2.27. The van der Waals surface area contributed by atoms with Crippen LogP contribution in [0.5, 0.6) is 0 Å². The lowest BCUT2D eigenvalue weighted by molar-refractivity contribution is -0.120. The molecule has 22 heavy (non-hydrogen) atoms. The minimum absolute atomic E-state index is 0.129. The van der Waals surface area contributed by atoms with Crippen molar-refractivity contribution in [2.75, 3.05) is 5.32 Å². The van der Waals surface area contributed by atoms with Gasteiger partial charge in [0.1, 0.15) is 11.9 Å². The molecule has 1 atom stereocenters. The molecule has 0 fully saturated rings. The van der Waals surface area contributed by atoms with Crippen LogP contribution in [0, 0.1) is 18.7 Å². The topological polar surface area (TPSA) is 97.1 Å². The molecule has 118 valence electrons. The van der Waals surface area contributed by atoms with Crippen molar-refractivity contribution in [2.24, 2.45) is 11.7 Å². The fourth-order valence-corrected chi connectivity index (χ4v) is 2.89. The second kappa shape index (κ2) is 6.27. The molecule has 0 unspecified atom stereocenters. The molecule has 0 bridgehead atoms. The van der Waals surface area contributed by atoms with Gasteiger partial charge < -0.3 is 11.1 Å². The van der Waals surface area contributed by atoms with E-state index in [2.05, 4.69) is 15.6 Å². The number of nitrogens with zero attached hydrogens (tertiary/aromatic N) is 1. The summed E-state index contributed by atoms with van der Waals surface area (Å²) < 4.78 is 14.3. The van der Waals surface area contributed by atoms with E-state index in [-0.39, 0.29) is 11.7 Å². The van der Waals surface area contributed by atoms with Crippen molar-refractivity contribution >= 4 is 38.6 Å². The number of hydrogen-bond acceptors (Lipinski definition) is 4. The van der Waals surface area contributed by atoms with Gasteiger partial charge in [0.05, 0.1) is 10.2 Å². The second-order valence-electron chi connectivity index (χ2n) is 5.31. The third kappa shape index (κ3) is 3.51. The SMILES string of the molecule is Cc1cc2sc(NC(=O)N[C@H](C(N)=O)C(C)C)nc2cc1F. The van der Waals surface area contributed by atoms with Crippen LogP contribution in [0.3, 0.4) is 0 Å². The molecule has 8 heteroatoms. The van der Waals surface area contributed by atoms with E-state index in [9.17, 15) is 14.0 Å². The number of carbonyl (C=O) groups is 2. The number of nitrogens with two attached hydrogens (primary N) is 1. The van der Waals surface area contributed by atoms with Gasteiger partial charge in [-0.15, -0.1) is 0 Å². The van der Waals surface area contributed by atoms with Gasteiger partial charge in [-0.25, -0.2) is 14.2 Å². The molecule has 0 saturated carbocycles. The highest BCUT2D eigenvalue weighted by molar-refractivity contribution is 7.22. The van der Waals surface area contributed by atoms with Crippen LogP contribution in [-0.4, -0.2) is 23.0 Å². The Labute approximate surface area is 130 Å². The molecule has 1 heterocycles. The Hall–Kier alpha value is -2.22. The van der Waals surface area contributed by atoms with Crippen LogP contribution in [-0.2, 0) is 4.79 Å². The Morgan fingerprint density at radius 2 is 2.05 bits per heavy atom. The highest BCUT2D eigenvalue weighted by Gasteiger charge is 2.22. The smallest absolute Gasteiger partial charge is 0.321 e. The zero-order chi connectivity index (χ0) is 16.4. The average Bonchev–Trinajstić information content (AvgIpc) is 2.77. The highest BCUT2D eigenvalue weighted by atomic mass is 32.1. The van der Waals surface area contributed by atoms with Crippen LogP contribution in [0.1, 0.15) is 19.4 Å². The minimum Gasteiger partial charge on any atom is -0.368 e. The van der Waals surface area contributed by atoms with Crippen molar-refractivity contribution in [2.45, 2.75) is 26.8 Å². The lowest BCUT2D eigenvalue weighted by Gasteiger charge is -2.18. The van der Waals surface area contributed by atoms with Gasteiger partial charge in [-0.2, -0.15) is 0 Å². The number of thiazole rings is 1. The van der Waals surface area contributed by atoms with Crippen molar-refractivity contribution in [1.29, 1.82) is 0 Å². The standard InChI is InChI=1S/C14H17FN4O2S/c1-6(2)11(12(16)20)18-13(21)19-14-17-9-5-8(15)7(3)4-10(9)22-14/h4-6,11H,1-3H3,(H2,16,20)(H2,17,18,19,21)/t11-/m0/s1. The Balaban J connectivity index is 2.13. The second-order valence-corrected chi connectivity index (χ2v) is 6.34. The van der Waals surface area contributed by atoms with Crippen LogP contribution < -0.4 is 16.4 Å². The predicted octanol–water partition coefficient (Wildman–Crippen LogP) is 2.38. The summed E-state index contributed by atoms with van der Waals surface area (Å²) in [5.41, 5.74) is 6.22. The van der Waals surface area contributed by atoms with Gasteiger partial charge in [-0.3, -0.25) is 10.1 Å². The lowest BCUT2D eigenvalue weighted by Crippen LogP contribution is -2.49. The van der Waals surface area contributed by atoms with Crippen LogP contribution in [0.4, 0.5) is 14.3 Å². The molecule has 6 nitrogen and oxygen atoms in total. The number of aryl methyl sites for hydroxylation is 1. The summed E-state index contributed by atoms with van der Waals surface area (Å²) in [5.74, 6) is -1.08. The first-order valence-electron chi connectivity index (χ1n) is 6.71. The number of nitrogens with one attached hydrogen (secondary N) is 2. The van der Waals surface area contributed by atoms with E-state index in [4.69, 9.17) is 5.73 Å². The molecular weight excluding hydrogens is 307 g/mol. The van der Waals surface area contributed by atoms with Gasteiger partial charge in [0.25, 0.3) is 0 Å². The Kier molecular flexibility index (Phi) is 4.60. The fraction of sp³-hybridized carbons (Fsp3) is 0.357. The van der Waals surface area contributed by atoms with Gasteiger partial charge in [-0.05, 0) is 24.5 Å². The van der Waals surface area contributed by atoms with E-state index in [0.29, 0.717) is 16.2 Å². The number of fused-ring (bicyclic) bond motifs is 1. The molecule has 4 N–H and O–H groups in total. The van der Waals surface area contributed by atoms with Crippen molar-refractivity contribution in [1.82, 2.24) is 10.3 Å². The molecule has 2 aromatic rings. The van der Waals surface area contributed by atoms with E-state index in [1.165, 1.54) is 17.4 Å². The van der Waals surface area contributed by atoms with Gasteiger partial charge in [0.2, 0.25) is 5.91 Å². The first kappa shape index (κ1) is 16.2. The molecule has 0 aliphatic rings. The number of benzene rings is 1. The van der Waals surface area contributed by atoms with Crippen LogP contribution in [0.25, 0.3) is 10.2 Å². The monoisotopic (exact) mass is 324 g/mol. The first-order chi connectivity index (χ1) is 10.3. The van der Waals surface area contributed by atoms with E-state index in [0.717, 1.165) is 4.70 Å². The van der Waals surface area contributed by atoms with Crippen molar-refractivity contribution in [3.8, 4) is 0 Å². The number of urea groups is 1. The summed E-state index contributed by atoms with van der Waals surface area (Å²) in [6.07, 6.45) is 0. The summed E-state index contributed by atoms with van der Waals surface area (Å²) in [7, 11) is 0. The quantitative estimate of drug-likeness (QED) is 0.805. The summed E-state index contributed by atoms with van der Waals surface area (Å²) >= 11 is 1.23. The first-order valence-corrected chi connectivity index (χ1v) is 7.53. The van der Waals surface area contributed by atoms with Crippen molar-refractivity contribution < 1.29 is 14.0 Å². The molecule has 0 saturated heterocycles. The fourth-order valence-electron chi connectivity index (χ4n) is 1.94. The number of amides is 3. The van der Waals surface area contributed by atoms with Gasteiger partial charge in [-0.1, -0.05) is 25.2 Å². The number of hydrogen-bond donors (Lipinski definition) is 3. The zero-order valence-corrected chi connectivity index (χ0v) is 13.3. The lowest BCUT2D eigenvalue weighted by atomic mass is 10.0. The summed E-state index contributed by atoms with van der Waals surface area (Å²) in [6.45, 7) is 5.21. The summed E-state index contributed by atoms with van der Waals surface area (Å²) in [6, 6.07) is 1.65. The van der Waals surface area contributed by atoms with Crippen LogP contribution in [0.15, 0.2) is 12.1 Å². The minimum atomic E-state index is -0.769. The third-order valence-corrected chi connectivity index (χ3v) is 4.08. The largest absolute Gasteiger partial charge is 0.368 e. The molecule has 1 aromatic carbocycles. The Bertz CT molecular complexity index is 690. The number of halogens is 1. The maximum absolute atomic E-state index is 13.5. The molecule has 3 amide bonds. The molecule has 0 aliphatic carbocycles. The number of primary amides is 1. The van der Waals surface area contributed by atoms with Gasteiger partial charge in [0, 0.05) is 6.07 Å². The van der Waals surface area contributed by atoms with Crippen LogP contribution >= 0.6 is 11.3 Å². The summed E-state index contributed by atoms with van der Waals surface area (Å²) in [4.78, 5) is 27.3. The van der Waals surface area contributed by atoms with E-state index < -0.39 is 18.0 Å². The van der Waals surface area contributed by atoms with Crippen molar-refractivity contribution in [3.63, 3.8) is 0 Å². The molecule has 0 aliphatic heterocycles. The predicted molar refractivity (Wildman–Crippen MR) is 84.3 cm³/mol. The Morgan fingerprint density at radius 3 is 2.64 bits per heavy atom. The summed E-state index contributed by atoms with van der Waals surface area (Å²) in [5, 5.41) is 5.36. The van der Waals surface area contributed by atoms with Gasteiger partial charge in [0.15, 0.2) is 5.13 Å². The number of anilines is 1. The number of rotatable bonds is 4. The molecule has 0 radical (unpaired) electrons. The molecule has 0 spiro atoms. The van der Waals surface area contributed by atoms with E-state index in [1.807, 2.05) is 0 Å². The molecule has 1 aromatic heterocycles.